The molecule has 1 atom stereocenters. The van der Waals surface area contributed by atoms with Gasteiger partial charge in [-0.15, -0.1) is 0 Å². The number of H-pyrrole nitrogens is 1. The molecule has 0 aliphatic carbocycles. The SMILES string of the molecule is C[C@H](Sc1nc2ccccc2[nH]1)C(=O)N1CCCCCC1. The van der Waals surface area contributed by atoms with E-state index < -0.39 is 0 Å². The Morgan fingerprint density at radius 2 is 1.95 bits per heavy atom. The molecule has 0 saturated carbocycles. The van der Waals surface area contributed by atoms with Gasteiger partial charge in [-0.1, -0.05) is 36.7 Å². The first-order valence-electron chi connectivity index (χ1n) is 7.64. The van der Waals surface area contributed by atoms with Gasteiger partial charge in [0.1, 0.15) is 0 Å². The highest BCUT2D eigenvalue weighted by Crippen LogP contribution is 2.25. The molecule has 0 bridgehead atoms. The average molecular weight is 303 g/mol. The molecule has 1 fully saturated rings. The van der Waals surface area contributed by atoms with Crippen LogP contribution in [0.5, 0.6) is 0 Å². The number of aromatic nitrogens is 2. The lowest BCUT2D eigenvalue weighted by Gasteiger charge is -2.23. The van der Waals surface area contributed by atoms with Gasteiger partial charge in [0.05, 0.1) is 16.3 Å². The van der Waals surface area contributed by atoms with Crippen molar-refractivity contribution in [3.63, 3.8) is 0 Å². The van der Waals surface area contributed by atoms with E-state index in [0.29, 0.717) is 0 Å². The number of rotatable bonds is 3. The predicted molar refractivity (Wildman–Crippen MR) is 86.5 cm³/mol. The van der Waals surface area contributed by atoms with Crippen LogP contribution in [0.4, 0.5) is 0 Å². The molecule has 2 heterocycles. The number of benzene rings is 1. The van der Waals surface area contributed by atoms with Crippen molar-refractivity contribution in [2.24, 2.45) is 0 Å². The number of fused-ring (bicyclic) bond motifs is 1. The maximum absolute atomic E-state index is 12.5. The van der Waals surface area contributed by atoms with Crippen LogP contribution in [-0.2, 0) is 4.79 Å². The van der Waals surface area contributed by atoms with Crippen LogP contribution in [-0.4, -0.2) is 39.1 Å². The second-order valence-electron chi connectivity index (χ2n) is 5.56. The van der Waals surface area contributed by atoms with E-state index in [-0.39, 0.29) is 11.2 Å². The third-order valence-corrected chi connectivity index (χ3v) is 4.89. The number of carbonyl (C=O) groups excluding carboxylic acids is 1. The second kappa shape index (κ2) is 6.52. The van der Waals surface area contributed by atoms with Crippen LogP contribution in [0.25, 0.3) is 11.0 Å². The number of likely N-dealkylation sites (tertiary alicyclic amines) is 1. The minimum atomic E-state index is -0.0938. The fraction of sp³-hybridized carbons (Fsp3) is 0.500. The number of para-hydroxylation sites is 2. The smallest absolute Gasteiger partial charge is 0.235 e. The van der Waals surface area contributed by atoms with Crippen LogP contribution in [0.2, 0.25) is 0 Å². The van der Waals surface area contributed by atoms with Crippen molar-refractivity contribution in [2.75, 3.05) is 13.1 Å². The lowest BCUT2D eigenvalue weighted by atomic mass is 10.2. The molecule has 0 unspecified atom stereocenters. The lowest BCUT2D eigenvalue weighted by Crippen LogP contribution is -2.37. The summed E-state index contributed by atoms with van der Waals surface area (Å²) in [5.74, 6) is 0.238. The quantitative estimate of drug-likeness (QED) is 0.884. The minimum Gasteiger partial charge on any atom is -0.342 e. The maximum atomic E-state index is 12.5. The largest absolute Gasteiger partial charge is 0.342 e. The van der Waals surface area contributed by atoms with Gasteiger partial charge in [0.25, 0.3) is 0 Å². The molecule has 1 aliphatic rings. The van der Waals surface area contributed by atoms with Gasteiger partial charge in [0.15, 0.2) is 5.16 Å². The molecule has 3 rings (SSSR count). The molecule has 1 aliphatic heterocycles. The summed E-state index contributed by atoms with van der Waals surface area (Å²) >= 11 is 1.52. The van der Waals surface area contributed by atoms with Crippen LogP contribution in [0.15, 0.2) is 29.4 Å². The molecule has 0 spiro atoms. The van der Waals surface area contributed by atoms with Crippen LogP contribution < -0.4 is 0 Å². The summed E-state index contributed by atoms with van der Waals surface area (Å²) in [5.41, 5.74) is 1.98. The number of nitrogens with zero attached hydrogens (tertiary/aromatic N) is 2. The molecule has 0 radical (unpaired) electrons. The van der Waals surface area contributed by atoms with E-state index in [0.717, 1.165) is 42.1 Å². The Morgan fingerprint density at radius 1 is 1.24 bits per heavy atom. The standard InChI is InChI=1S/C16H21N3OS/c1-12(15(20)19-10-6-2-3-7-11-19)21-16-17-13-8-4-5-9-14(13)18-16/h4-5,8-9,12H,2-3,6-7,10-11H2,1H3,(H,17,18)/t12-/m0/s1. The summed E-state index contributed by atoms with van der Waals surface area (Å²) in [6.45, 7) is 3.79. The Bertz CT molecular complexity index is 584. The molecule has 1 aromatic carbocycles. The minimum absolute atomic E-state index is 0.0938. The topological polar surface area (TPSA) is 49.0 Å². The van der Waals surface area contributed by atoms with Crippen molar-refractivity contribution in [1.29, 1.82) is 0 Å². The van der Waals surface area contributed by atoms with Crippen LogP contribution >= 0.6 is 11.8 Å². The molecule has 5 heteroatoms. The molecule has 1 amide bonds. The third-order valence-electron chi connectivity index (χ3n) is 3.92. The van der Waals surface area contributed by atoms with Gasteiger partial charge < -0.3 is 9.88 Å². The molecular weight excluding hydrogens is 282 g/mol. The van der Waals surface area contributed by atoms with Crippen molar-refractivity contribution < 1.29 is 4.79 Å². The Balaban J connectivity index is 1.67. The number of imidazole rings is 1. The Kier molecular flexibility index (Phi) is 4.48. The summed E-state index contributed by atoms with van der Waals surface area (Å²) in [4.78, 5) is 22.4. The highest BCUT2D eigenvalue weighted by molar-refractivity contribution is 8.00. The number of amides is 1. The Labute approximate surface area is 129 Å². The molecule has 1 N–H and O–H groups in total. The zero-order valence-corrected chi connectivity index (χ0v) is 13.2. The van der Waals surface area contributed by atoms with E-state index in [1.807, 2.05) is 36.1 Å². The predicted octanol–water partition coefficient (Wildman–Crippen LogP) is 3.45. The Morgan fingerprint density at radius 3 is 2.67 bits per heavy atom. The van der Waals surface area contributed by atoms with Gasteiger partial charge in [-0.3, -0.25) is 4.79 Å². The van der Waals surface area contributed by atoms with E-state index >= 15 is 0 Å². The summed E-state index contributed by atoms with van der Waals surface area (Å²) in [6.07, 6.45) is 4.76. The lowest BCUT2D eigenvalue weighted by molar-refractivity contribution is -0.130. The monoisotopic (exact) mass is 303 g/mol. The van der Waals surface area contributed by atoms with E-state index in [2.05, 4.69) is 9.97 Å². The molecule has 1 saturated heterocycles. The summed E-state index contributed by atoms with van der Waals surface area (Å²) in [5, 5.41) is 0.732. The van der Waals surface area contributed by atoms with E-state index in [1.165, 1.54) is 24.6 Å². The van der Waals surface area contributed by atoms with Gasteiger partial charge in [0, 0.05) is 13.1 Å². The van der Waals surface area contributed by atoms with Gasteiger partial charge in [0.2, 0.25) is 5.91 Å². The molecule has 2 aromatic rings. The zero-order chi connectivity index (χ0) is 14.7. The first-order chi connectivity index (χ1) is 10.2. The average Bonchev–Trinajstić information content (AvgIpc) is 2.71. The van der Waals surface area contributed by atoms with Gasteiger partial charge in [-0.2, -0.15) is 0 Å². The fourth-order valence-corrected chi connectivity index (χ4v) is 3.66. The van der Waals surface area contributed by atoms with Crippen molar-refractivity contribution in [1.82, 2.24) is 14.9 Å². The van der Waals surface area contributed by atoms with Crippen molar-refractivity contribution in [2.45, 2.75) is 43.0 Å². The van der Waals surface area contributed by atoms with Crippen molar-refractivity contribution in [3.05, 3.63) is 24.3 Å². The zero-order valence-electron chi connectivity index (χ0n) is 12.3. The molecule has 112 valence electrons. The van der Waals surface area contributed by atoms with Crippen LogP contribution in [0, 0.1) is 0 Å². The first-order valence-corrected chi connectivity index (χ1v) is 8.52. The van der Waals surface area contributed by atoms with E-state index in [1.54, 1.807) is 0 Å². The number of aromatic amines is 1. The summed E-state index contributed by atoms with van der Waals surface area (Å²) < 4.78 is 0. The third kappa shape index (κ3) is 3.40. The number of carbonyl (C=O) groups is 1. The van der Waals surface area contributed by atoms with Gasteiger partial charge in [-0.05, 0) is 31.9 Å². The van der Waals surface area contributed by atoms with Crippen molar-refractivity contribution in [3.8, 4) is 0 Å². The number of hydrogen-bond donors (Lipinski definition) is 1. The van der Waals surface area contributed by atoms with E-state index in [9.17, 15) is 4.79 Å². The summed E-state index contributed by atoms with van der Waals surface area (Å²) in [7, 11) is 0. The number of thioether (sulfide) groups is 1. The molecule has 4 nitrogen and oxygen atoms in total. The molecular formula is C16H21N3OS. The van der Waals surface area contributed by atoms with Crippen LogP contribution in [0.3, 0.4) is 0 Å². The highest BCUT2D eigenvalue weighted by atomic mass is 32.2. The van der Waals surface area contributed by atoms with Gasteiger partial charge in [-0.25, -0.2) is 4.98 Å². The van der Waals surface area contributed by atoms with Gasteiger partial charge >= 0.3 is 0 Å². The summed E-state index contributed by atoms with van der Waals surface area (Å²) in [6, 6.07) is 7.95. The van der Waals surface area contributed by atoms with Crippen LogP contribution in [0.1, 0.15) is 32.6 Å². The highest BCUT2D eigenvalue weighted by Gasteiger charge is 2.23. The normalized spacial score (nSPS) is 17.7. The Hall–Kier alpha value is -1.49. The fourth-order valence-electron chi connectivity index (χ4n) is 2.75. The molecule has 1 aromatic heterocycles. The van der Waals surface area contributed by atoms with E-state index in [4.69, 9.17) is 0 Å². The van der Waals surface area contributed by atoms with Crippen molar-refractivity contribution >= 4 is 28.7 Å². The number of hydrogen-bond acceptors (Lipinski definition) is 3. The number of nitrogens with one attached hydrogen (secondary N) is 1. The first kappa shape index (κ1) is 14.4. The maximum Gasteiger partial charge on any atom is 0.235 e. The second-order valence-corrected chi connectivity index (χ2v) is 6.89. The molecule has 21 heavy (non-hydrogen) atoms.